The Labute approximate surface area is 144 Å². The average molecular weight is 339 g/mol. The molecule has 2 saturated carbocycles. The summed E-state index contributed by atoms with van der Waals surface area (Å²) < 4.78 is 5.60. The summed E-state index contributed by atoms with van der Waals surface area (Å²) in [4.78, 5) is 12.2. The third kappa shape index (κ3) is 4.85. The zero-order valence-corrected chi connectivity index (χ0v) is 14.3. The normalized spacial score (nSPS) is 29.3. The molecule has 1 amide bonds. The van der Waals surface area contributed by atoms with Crippen LogP contribution in [0.1, 0.15) is 38.5 Å². The minimum atomic E-state index is 0. The highest BCUT2D eigenvalue weighted by atomic mass is 35.5. The van der Waals surface area contributed by atoms with Gasteiger partial charge in [0.25, 0.3) is 0 Å². The van der Waals surface area contributed by atoms with E-state index in [0.717, 1.165) is 18.6 Å². The number of hydrogen-bond acceptors (Lipinski definition) is 3. The summed E-state index contributed by atoms with van der Waals surface area (Å²) in [6, 6.07) is 10.3. The molecule has 3 rings (SSSR count). The van der Waals surface area contributed by atoms with E-state index in [1.807, 2.05) is 30.3 Å². The molecule has 5 heteroatoms. The molecule has 1 aromatic carbocycles. The van der Waals surface area contributed by atoms with Crippen molar-refractivity contribution in [3.05, 3.63) is 30.3 Å². The first-order chi connectivity index (χ1) is 10.7. The van der Waals surface area contributed by atoms with Crippen molar-refractivity contribution >= 4 is 18.3 Å². The summed E-state index contributed by atoms with van der Waals surface area (Å²) in [7, 11) is 0. The van der Waals surface area contributed by atoms with Gasteiger partial charge in [0.05, 0.1) is 13.0 Å². The number of benzene rings is 1. The smallest absolute Gasteiger partial charge is 0.223 e. The third-order valence-corrected chi connectivity index (χ3v) is 5.05. The molecule has 2 bridgehead atoms. The van der Waals surface area contributed by atoms with Gasteiger partial charge in [-0.05, 0) is 49.7 Å². The number of para-hydroxylation sites is 1. The monoisotopic (exact) mass is 338 g/mol. The predicted octanol–water partition coefficient (Wildman–Crippen LogP) is 2.90. The average Bonchev–Trinajstić information content (AvgIpc) is 2.49. The van der Waals surface area contributed by atoms with Crippen LogP contribution in [0.15, 0.2) is 30.3 Å². The van der Waals surface area contributed by atoms with E-state index in [4.69, 9.17) is 10.5 Å². The fourth-order valence-corrected chi connectivity index (χ4v) is 4.06. The van der Waals surface area contributed by atoms with Crippen molar-refractivity contribution in [2.24, 2.45) is 17.6 Å². The van der Waals surface area contributed by atoms with Gasteiger partial charge in [-0.2, -0.15) is 0 Å². The number of rotatable bonds is 5. The summed E-state index contributed by atoms with van der Waals surface area (Å²) >= 11 is 0. The molecular weight excluding hydrogens is 312 g/mol. The Bertz CT molecular complexity index is 483. The lowest BCUT2D eigenvalue weighted by Gasteiger charge is -2.45. The maximum Gasteiger partial charge on any atom is 0.223 e. The second kappa shape index (κ2) is 8.55. The van der Waals surface area contributed by atoms with Crippen molar-refractivity contribution in [2.75, 3.05) is 6.61 Å². The molecule has 0 aromatic heterocycles. The lowest BCUT2D eigenvalue weighted by atomic mass is 9.67. The van der Waals surface area contributed by atoms with Crippen LogP contribution in [0, 0.1) is 11.8 Å². The first-order valence-corrected chi connectivity index (χ1v) is 8.45. The van der Waals surface area contributed by atoms with E-state index in [9.17, 15) is 4.79 Å². The number of amides is 1. The molecule has 3 N–H and O–H groups in total. The van der Waals surface area contributed by atoms with Gasteiger partial charge in [-0.3, -0.25) is 4.79 Å². The van der Waals surface area contributed by atoms with E-state index in [2.05, 4.69) is 5.32 Å². The maximum absolute atomic E-state index is 12.2. The van der Waals surface area contributed by atoms with Gasteiger partial charge in [0.1, 0.15) is 5.75 Å². The fourth-order valence-electron chi connectivity index (χ4n) is 4.06. The van der Waals surface area contributed by atoms with Gasteiger partial charge in [-0.25, -0.2) is 0 Å². The Balaban J connectivity index is 0.00000192. The molecule has 2 unspecified atom stereocenters. The molecule has 23 heavy (non-hydrogen) atoms. The van der Waals surface area contributed by atoms with Crippen molar-refractivity contribution in [1.82, 2.24) is 5.32 Å². The van der Waals surface area contributed by atoms with Crippen LogP contribution >= 0.6 is 12.4 Å². The maximum atomic E-state index is 12.2. The molecule has 2 aliphatic carbocycles. The minimum absolute atomic E-state index is 0. The second-order valence-corrected chi connectivity index (χ2v) is 6.69. The minimum Gasteiger partial charge on any atom is -0.493 e. The van der Waals surface area contributed by atoms with Gasteiger partial charge in [0.15, 0.2) is 0 Å². The SMILES string of the molecule is Cl.NC1CC2CCCC(C1)C2NC(=O)CCOc1ccccc1. The number of carbonyl (C=O) groups is 1. The van der Waals surface area contributed by atoms with Crippen LogP contribution in [0.4, 0.5) is 0 Å². The number of hydrogen-bond donors (Lipinski definition) is 2. The Hall–Kier alpha value is -1.26. The highest BCUT2D eigenvalue weighted by Crippen LogP contribution is 2.39. The van der Waals surface area contributed by atoms with Crippen LogP contribution in [0.2, 0.25) is 0 Å². The summed E-state index contributed by atoms with van der Waals surface area (Å²) in [5.74, 6) is 2.06. The molecule has 0 radical (unpaired) electrons. The molecule has 4 nitrogen and oxygen atoms in total. The van der Waals surface area contributed by atoms with E-state index in [0.29, 0.717) is 36.9 Å². The quantitative estimate of drug-likeness (QED) is 0.867. The van der Waals surface area contributed by atoms with Gasteiger partial charge in [0.2, 0.25) is 5.91 Å². The number of halogens is 1. The number of ether oxygens (including phenoxy) is 1. The molecule has 2 atom stereocenters. The summed E-state index contributed by atoms with van der Waals surface area (Å²) in [6.07, 6.45) is 6.22. The van der Waals surface area contributed by atoms with Gasteiger partial charge < -0.3 is 15.8 Å². The second-order valence-electron chi connectivity index (χ2n) is 6.69. The molecule has 0 spiro atoms. The standard InChI is InChI=1S/C18H26N2O2.ClH/c19-15-11-13-5-4-6-14(12-15)18(13)20-17(21)9-10-22-16-7-2-1-3-8-16;/h1-3,7-8,13-15,18H,4-6,9-12,19H2,(H,20,21);1H. The lowest BCUT2D eigenvalue weighted by Crippen LogP contribution is -2.53. The van der Waals surface area contributed by atoms with Crippen molar-refractivity contribution in [3.63, 3.8) is 0 Å². The van der Waals surface area contributed by atoms with Gasteiger partial charge in [-0.1, -0.05) is 24.6 Å². The van der Waals surface area contributed by atoms with Gasteiger partial charge >= 0.3 is 0 Å². The molecule has 2 fully saturated rings. The number of fused-ring (bicyclic) bond motifs is 2. The largest absolute Gasteiger partial charge is 0.493 e. The Kier molecular flexibility index (Phi) is 6.72. The van der Waals surface area contributed by atoms with Crippen LogP contribution in [0.3, 0.4) is 0 Å². The van der Waals surface area contributed by atoms with E-state index in [-0.39, 0.29) is 18.3 Å². The van der Waals surface area contributed by atoms with E-state index in [1.165, 1.54) is 19.3 Å². The molecule has 0 aliphatic heterocycles. The molecule has 0 heterocycles. The van der Waals surface area contributed by atoms with Crippen LogP contribution in [-0.2, 0) is 4.79 Å². The topological polar surface area (TPSA) is 64.3 Å². The summed E-state index contributed by atoms with van der Waals surface area (Å²) in [5, 5.41) is 3.25. The zero-order chi connectivity index (χ0) is 15.4. The molecule has 128 valence electrons. The highest BCUT2D eigenvalue weighted by Gasteiger charge is 2.39. The van der Waals surface area contributed by atoms with E-state index >= 15 is 0 Å². The van der Waals surface area contributed by atoms with Crippen molar-refractivity contribution in [1.29, 1.82) is 0 Å². The molecular formula is C18H27ClN2O2. The number of carbonyl (C=O) groups excluding carboxylic acids is 1. The van der Waals surface area contributed by atoms with Crippen LogP contribution in [0.5, 0.6) is 5.75 Å². The zero-order valence-electron chi connectivity index (χ0n) is 13.4. The Morgan fingerprint density at radius 2 is 1.83 bits per heavy atom. The Morgan fingerprint density at radius 1 is 1.17 bits per heavy atom. The van der Waals surface area contributed by atoms with Crippen LogP contribution in [-0.4, -0.2) is 24.6 Å². The van der Waals surface area contributed by atoms with Gasteiger partial charge in [-0.15, -0.1) is 12.4 Å². The van der Waals surface area contributed by atoms with Crippen LogP contribution < -0.4 is 15.8 Å². The van der Waals surface area contributed by atoms with E-state index < -0.39 is 0 Å². The number of nitrogens with one attached hydrogen (secondary N) is 1. The summed E-state index contributed by atoms with van der Waals surface area (Å²) in [5.41, 5.74) is 6.13. The number of nitrogens with two attached hydrogens (primary N) is 1. The molecule has 2 aliphatic rings. The molecule has 0 saturated heterocycles. The van der Waals surface area contributed by atoms with E-state index in [1.54, 1.807) is 0 Å². The molecule has 1 aromatic rings. The summed E-state index contributed by atoms with van der Waals surface area (Å²) in [6.45, 7) is 0.428. The predicted molar refractivity (Wildman–Crippen MR) is 93.8 cm³/mol. The van der Waals surface area contributed by atoms with Crippen LogP contribution in [0.25, 0.3) is 0 Å². The Morgan fingerprint density at radius 3 is 2.48 bits per heavy atom. The lowest BCUT2D eigenvalue weighted by molar-refractivity contribution is -0.123. The van der Waals surface area contributed by atoms with Crippen molar-refractivity contribution in [3.8, 4) is 5.75 Å². The third-order valence-electron chi connectivity index (χ3n) is 5.05. The fraction of sp³-hybridized carbons (Fsp3) is 0.611. The highest BCUT2D eigenvalue weighted by molar-refractivity contribution is 5.85. The first kappa shape index (κ1) is 18.1. The first-order valence-electron chi connectivity index (χ1n) is 8.45. The van der Waals surface area contributed by atoms with Gasteiger partial charge in [0, 0.05) is 12.1 Å². The van der Waals surface area contributed by atoms with Crippen molar-refractivity contribution < 1.29 is 9.53 Å². The van der Waals surface area contributed by atoms with Crippen molar-refractivity contribution in [2.45, 2.75) is 50.6 Å².